The van der Waals surface area contributed by atoms with Gasteiger partial charge in [0.15, 0.2) is 0 Å². The Morgan fingerprint density at radius 3 is 2.57 bits per heavy atom. The molecule has 2 aromatic rings. The van der Waals surface area contributed by atoms with Crippen molar-refractivity contribution in [1.29, 1.82) is 0 Å². The number of benzene rings is 1. The van der Waals surface area contributed by atoms with Crippen LogP contribution in [0.3, 0.4) is 0 Å². The number of aryl methyl sites for hydroxylation is 2. The maximum Gasteiger partial charge on any atom is 0.221 e. The number of carbonyl (C=O) groups excluding carboxylic acids is 1. The summed E-state index contributed by atoms with van der Waals surface area (Å²) in [5.74, 6) is 0.0875. The van der Waals surface area contributed by atoms with Gasteiger partial charge in [-0.15, -0.1) is 0 Å². The molecule has 1 aromatic heterocycles. The van der Waals surface area contributed by atoms with Crippen molar-refractivity contribution in [3.05, 3.63) is 58.4 Å². The van der Waals surface area contributed by atoms with Gasteiger partial charge in [0, 0.05) is 35.9 Å². The van der Waals surface area contributed by atoms with Gasteiger partial charge in [-0.25, -0.2) is 0 Å². The van der Waals surface area contributed by atoms with E-state index in [0.717, 1.165) is 23.6 Å². The van der Waals surface area contributed by atoms with Gasteiger partial charge in [0.25, 0.3) is 0 Å². The summed E-state index contributed by atoms with van der Waals surface area (Å²) >= 11 is 5.93. The smallest absolute Gasteiger partial charge is 0.221 e. The summed E-state index contributed by atoms with van der Waals surface area (Å²) in [7, 11) is 0. The van der Waals surface area contributed by atoms with Crippen molar-refractivity contribution in [1.82, 2.24) is 9.88 Å². The third kappa shape index (κ3) is 4.64. The number of hydrogen-bond acceptors (Lipinski definition) is 1. The molecule has 2 rings (SSSR count). The Morgan fingerprint density at radius 2 is 1.90 bits per heavy atom. The summed E-state index contributed by atoms with van der Waals surface area (Å²) in [4.78, 5) is 11.9. The van der Waals surface area contributed by atoms with E-state index in [1.165, 1.54) is 11.4 Å². The van der Waals surface area contributed by atoms with Crippen molar-refractivity contribution in [2.75, 3.05) is 6.54 Å². The monoisotopic (exact) mass is 304 g/mol. The Hall–Kier alpha value is -1.74. The average molecular weight is 305 g/mol. The Morgan fingerprint density at radius 1 is 1.19 bits per heavy atom. The summed E-state index contributed by atoms with van der Waals surface area (Å²) < 4.78 is 2.16. The number of nitrogens with zero attached hydrogens (tertiary/aromatic N) is 1. The van der Waals surface area contributed by atoms with Crippen molar-refractivity contribution >= 4 is 17.5 Å². The molecule has 0 unspecified atom stereocenters. The van der Waals surface area contributed by atoms with Crippen molar-refractivity contribution in [2.45, 2.75) is 33.2 Å². The highest BCUT2D eigenvalue weighted by Gasteiger charge is 2.05. The van der Waals surface area contributed by atoms with Crippen LogP contribution in [0, 0.1) is 13.8 Å². The molecule has 0 saturated heterocycles. The number of hydrogen-bond donors (Lipinski definition) is 1. The van der Waals surface area contributed by atoms with E-state index < -0.39 is 0 Å². The highest BCUT2D eigenvalue weighted by Crippen LogP contribution is 2.11. The van der Waals surface area contributed by atoms with Crippen LogP contribution >= 0.6 is 11.6 Å². The van der Waals surface area contributed by atoms with Crippen molar-refractivity contribution in [3.8, 4) is 0 Å². The third-order valence-corrected chi connectivity index (χ3v) is 3.84. The van der Waals surface area contributed by atoms with E-state index in [0.29, 0.717) is 13.0 Å². The number of rotatable bonds is 6. The Bertz CT molecular complexity index is 600. The van der Waals surface area contributed by atoms with Crippen LogP contribution in [0.15, 0.2) is 36.4 Å². The average Bonchev–Trinajstić information content (AvgIpc) is 2.76. The van der Waals surface area contributed by atoms with Gasteiger partial charge in [0.05, 0.1) is 0 Å². The van der Waals surface area contributed by atoms with Crippen LogP contribution in [0.5, 0.6) is 0 Å². The van der Waals surface area contributed by atoms with Crippen molar-refractivity contribution in [2.24, 2.45) is 0 Å². The zero-order chi connectivity index (χ0) is 15.2. The lowest BCUT2D eigenvalue weighted by atomic mass is 10.1. The molecule has 0 spiro atoms. The molecule has 3 nitrogen and oxygen atoms in total. The van der Waals surface area contributed by atoms with Crippen LogP contribution in [0.25, 0.3) is 0 Å². The molecule has 1 heterocycles. The first-order chi connectivity index (χ1) is 10.1. The second-order valence-electron chi connectivity index (χ2n) is 5.25. The Labute approximate surface area is 130 Å². The quantitative estimate of drug-likeness (QED) is 0.870. The van der Waals surface area contributed by atoms with Crippen LogP contribution in [0.4, 0.5) is 0 Å². The van der Waals surface area contributed by atoms with Gasteiger partial charge >= 0.3 is 0 Å². The minimum absolute atomic E-state index is 0.0875. The van der Waals surface area contributed by atoms with Gasteiger partial charge in [-0.3, -0.25) is 4.79 Å². The predicted octanol–water partition coefficient (Wildman–Crippen LogP) is 3.51. The number of amides is 1. The van der Waals surface area contributed by atoms with Gasteiger partial charge in [0.2, 0.25) is 5.91 Å². The van der Waals surface area contributed by atoms with Gasteiger partial charge in [-0.2, -0.15) is 0 Å². The molecule has 0 fully saturated rings. The van der Waals surface area contributed by atoms with Crippen LogP contribution < -0.4 is 5.32 Å². The third-order valence-electron chi connectivity index (χ3n) is 3.60. The van der Waals surface area contributed by atoms with E-state index in [-0.39, 0.29) is 5.91 Å². The zero-order valence-electron chi connectivity index (χ0n) is 12.5. The molecular formula is C17H21ClN2O. The zero-order valence-corrected chi connectivity index (χ0v) is 13.3. The van der Waals surface area contributed by atoms with Gasteiger partial charge in [0.1, 0.15) is 0 Å². The molecular weight excluding hydrogens is 284 g/mol. The molecule has 0 radical (unpaired) electrons. The summed E-state index contributed by atoms with van der Waals surface area (Å²) in [6.07, 6.45) is 1.31. The van der Waals surface area contributed by atoms with Crippen LogP contribution in [0.1, 0.15) is 23.4 Å². The SMILES string of the molecule is Cc1ccc(C)n1CCC(=O)NCCc1cccc(Cl)c1. The lowest BCUT2D eigenvalue weighted by molar-refractivity contribution is -0.121. The first-order valence-electron chi connectivity index (χ1n) is 7.20. The molecule has 0 atom stereocenters. The summed E-state index contributed by atoms with van der Waals surface area (Å²) in [6, 6.07) is 11.9. The van der Waals surface area contributed by atoms with Gasteiger partial charge in [-0.1, -0.05) is 23.7 Å². The molecule has 0 saturated carbocycles. The van der Waals surface area contributed by atoms with E-state index in [4.69, 9.17) is 11.6 Å². The van der Waals surface area contributed by atoms with E-state index in [1.54, 1.807) is 0 Å². The number of carbonyl (C=O) groups is 1. The minimum atomic E-state index is 0.0875. The fourth-order valence-corrected chi connectivity index (χ4v) is 2.61. The normalized spacial score (nSPS) is 10.6. The standard InChI is InChI=1S/C17H21ClN2O/c1-13-6-7-14(2)20(13)11-9-17(21)19-10-8-15-4-3-5-16(18)12-15/h3-7,12H,8-11H2,1-2H3,(H,19,21). The molecule has 112 valence electrons. The first kappa shape index (κ1) is 15.6. The van der Waals surface area contributed by atoms with Crippen molar-refractivity contribution < 1.29 is 4.79 Å². The highest BCUT2D eigenvalue weighted by atomic mass is 35.5. The second-order valence-corrected chi connectivity index (χ2v) is 5.68. The van der Waals surface area contributed by atoms with Crippen molar-refractivity contribution in [3.63, 3.8) is 0 Å². The van der Waals surface area contributed by atoms with E-state index in [9.17, 15) is 4.79 Å². The lowest BCUT2D eigenvalue weighted by Crippen LogP contribution is -2.26. The van der Waals surface area contributed by atoms with E-state index >= 15 is 0 Å². The number of aromatic nitrogens is 1. The number of nitrogens with one attached hydrogen (secondary N) is 1. The highest BCUT2D eigenvalue weighted by molar-refractivity contribution is 6.30. The largest absolute Gasteiger partial charge is 0.356 e. The molecule has 1 aromatic carbocycles. The molecule has 0 aliphatic heterocycles. The number of halogens is 1. The van der Waals surface area contributed by atoms with E-state index in [2.05, 4.69) is 35.9 Å². The molecule has 0 aliphatic carbocycles. The Kier molecular flexibility index (Phi) is 5.45. The molecule has 21 heavy (non-hydrogen) atoms. The molecule has 4 heteroatoms. The van der Waals surface area contributed by atoms with Gasteiger partial charge < -0.3 is 9.88 Å². The van der Waals surface area contributed by atoms with Crippen LogP contribution in [-0.2, 0) is 17.8 Å². The summed E-state index contributed by atoms with van der Waals surface area (Å²) in [5.41, 5.74) is 3.53. The second kappa shape index (κ2) is 7.32. The maximum absolute atomic E-state index is 11.9. The maximum atomic E-state index is 11.9. The van der Waals surface area contributed by atoms with Crippen LogP contribution in [-0.4, -0.2) is 17.0 Å². The predicted molar refractivity (Wildman–Crippen MR) is 86.7 cm³/mol. The molecule has 0 aliphatic rings. The Balaban J connectivity index is 1.73. The molecule has 1 N–H and O–H groups in total. The van der Waals surface area contributed by atoms with Crippen LogP contribution in [0.2, 0.25) is 5.02 Å². The fourth-order valence-electron chi connectivity index (χ4n) is 2.39. The fraction of sp³-hybridized carbons (Fsp3) is 0.353. The summed E-state index contributed by atoms with van der Waals surface area (Å²) in [6.45, 7) is 5.49. The topological polar surface area (TPSA) is 34.0 Å². The van der Waals surface area contributed by atoms with E-state index in [1.807, 2.05) is 24.3 Å². The summed E-state index contributed by atoms with van der Waals surface area (Å²) in [5, 5.41) is 3.69. The minimum Gasteiger partial charge on any atom is -0.356 e. The lowest BCUT2D eigenvalue weighted by Gasteiger charge is -2.10. The van der Waals surface area contributed by atoms with Gasteiger partial charge in [-0.05, 0) is 50.1 Å². The molecule has 0 bridgehead atoms. The molecule has 1 amide bonds. The first-order valence-corrected chi connectivity index (χ1v) is 7.58.